The van der Waals surface area contributed by atoms with Gasteiger partial charge in [-0.2, -0.15) is 0 Å². The van der Waals surface area contributed by atoms with Gasteiger partial charge in [-0.3, -0.25) is 15.0 Å². The Morgan fingerprint density at radius 2 is 1.75 bits per heavy atom. The van der Waals surface area contributed by atoms with Gasteiger partial charge >= 0.3 is 5.00 Å². The van der Waals surface area contributed by atoms with Gasteiger partial charge in [-0.1, -0.05) is 67.0 Å². The second-order valence-electron chi connectivity index (χ2n) is 7.85. The average Bonchev–Trinajstić information content (AvgIpc) is 3.17. The molecule has 4 rings (SSSR count). The lowest BCUT2D eigenvalue weighted by molar-refractivity contribution is -0.380. The van der Waals surface area contributed by atoms with Crippen molar-refractivity contribution in [2.24, 2.45) is 5.92 Å². The van der Waals surface area contributed by atoms with Crippen LogP contribution in [-0.4, -0.2) is 16.4 Å². The summed E-state index contributed by atoms with van der Waals surface area (Å²) < 4.78 is 0. The maximum absolute atomic E-state index is 11.0. The van der Waals surface area contributed by atoms with Gasteiger partial charge in [0.1, 0.15) is 0 Å². The van der Waals surface area contributed by atoms with E-state index in [-0.39, 0.29) is 9.92 Å². The third kappa shape index (κ3) is 4.78. The highest BCUT2D eigenvalue weighted by atomic mass is 32.1. The summed E-state index contributed by atoms with van der Waals surface area (Å²) in [4.78, 5) is 14.3. The molecule has 1 aliphatic carbocycles. The van der Waals surface area contributed by atoms with E-state index in [1.165, 1.54) is 59.8 Å². The molecule has 1 aliphatic rings. The molecule has 0 bridgehead atoms. The number of rotatable bonds is 7. The van der Waals surface area contributed by atoms with Crippen LogP contribution >= 0.6 is 11.3 Å². The van der Waals surface area contributed by atoms with E-state index in [2.05, 4.69) is 47.4 Å². The Morgan fingerprint density at radius 1 is 0.964 bits per heavy atom. The van der Waals surface area contributed by atoms with E-state index in [4.69, 9.17) is 0 Å². The highest BCUT2D eigenvalue weighted by Gasteiger charge is 2.19. The predicted octanol–water partition coefficient (Wildman–Crippen LogP) is 6.39. The Balaban J connectivity index is 1.52. The van der Waals surface area contributed by atoms with Crippen molar-refractivity contribution in [2.45, 2.75) is 45.2 Å². The van der Waals surface area contributed by atoms with Crippen molar-refractivity contribution in [3.05, 3.63) is 75.2 Å². The van der Waals surface area contributed by atoms with Crippen LogP contribution in [0.2, 0.25) is 0 Å². The summed E-state index contributed by atoms with van der Waals surface area (Å²) in [5.41, 5.74) is 1.31. The van der Waals surface area contributed by atoms with Crippen LogP contribution in [0.25, 0.3) is 10.8 Å². The molecular weight excluding hydrogens is 368 g/mol. The molecule has 0 saturated heterocycles. The third-order valence-corrected chi connectivity index (χ3v) is 6.69. The van der Waals surface area contributed by atoms with Crippen LogP contribution in [0.4, 0.5) is 5.00 Å². The van der Waals surface area contributed by atoms with Crippen molar-refractivity contribution in [1.29, 1.82) is 0 Å². The van der Waals surface area contributed by atoms with Crippen LogP contribution in [0, 0.1) is 16.0 Å². The second-order valence-corrected chi connectivity index (χ2v) is 9.00. The van der Waals surface area contributed by atoms with E-state index in [1.807, 2.05) is 6.07 Å². The molecule has 0 unspecified atom stereocenters. The second kappa shape index (κ2) is 8.84. The van der Waals surface area contributed by atoms with Gasteiger partial charge in [0.15, 0.2) is 0 Å². The molecule has 0 aliphatic heterocycles. The molecule has 146 valence electrons. The highest BCUT2D eigenvalue weighted by Crippen LogP contribution is 2.29. The first-order valence-corrected chi connectivity index (χ1v) is 10.9. The fourth-order valence-corrected chi connectivity index (χ4v) is 5.15. The van der Waals surface area contributed by atoms with Gasteiger partial charge in [-0.05, 0) is 47.2 Å². The highest BCUT2D eigenvalue weighted by molar-refractivity contribution is 7.15. The summed E-state index contributed by atoms with van der Waals surface area (Å²) in [5, 5.41) is 13.8. The summed E-state index contributed by atoms with van der Waals surface area (Å²) in [5.74, 6) is 0.740. The van der Waals surface area contributed by atoms with E-state index < -0.39 is 0 Å². The molecule has 4 nitrogen and oxygen atoms in total. The Hall–Kier alpha value is -2.24. The average molecular weight is 395 g/mol. The molecular formula is C23H26N2O2S. The van der Waals surface area contributed by atoms with E-state index in [9.17, 15) is 10.1 Å². The molecule has 5 heteroatoms. The van der Waals surface area contributed by atoms with Gasteiger partial charge in [0, 0.05) is 30.6 Å². The number of hydrogen-bond acceptors (Lipinski definition) is 4. The van der Waals surface area contributed by atoms with Gasteiger partial charge in [-0.25, -0.2) is 0 Å². The summed E-state index contributed by atoms with van der Waals surface area (Å²) in [6.45, 7) is 2.73. The van der Waals surface area contributed by atoms with Crippen LogP contribution in [0.15, 0.2) is 54.6 Å². The number of nitrogens with zero attached hydrogens (tertiary/aromatic N) is 2. The van der Waals surface area contributed by atoms with Crippen molar-refractivity contribution in [3.63, 3.8) is 0 Å². The van der Waals surface area contributed by atoms with E-state index >= 15 is 0 Å². The third-order valence-electron chi connectivity index (χ3n) is 5.67. The maximum atomic E-state index is 11.0. The molecule has 1 aromatic heterocycles. The van der Waals surface area contributed by atoms with Crippen LogP contribution in [0.5, 0.6) is 0 Å². The van der Waals surface area contributed by atoms with Gasteiger partial charge in [-0.15, -0.1) is 0 Å². The summed E-state index contributed by atoms with van der Waals surface area (Å²) in [6, 6.07) is 18.7. The van der Waals surface area contributed by atoms with Crippen molar-refractivity contribution < 1.29 is 4.92 Å². The fraction of sp³-hybridized carbons (Fsp3) is 0.391. The zero-order valence-corrected chi connectivity index (χ0v) is 16.9. The Morgan fingerprint density at radius 3 is 2.50 bits per heavy atom. The molecule has 0 N–H and O–H groups in total. The minimum absolute atomic E-state index is 0.235. The van der Waals surface area contributed by atoms with Gasteiger partial charge in [0.2, 0.25) is 0 Å². The Bertz CT molecular complexity index is 946. The van der Waals surface area contributed by atoms with Gasteiger partial charge in [0.25, 0.3) is 0 Å². The molecule has 1 saturated carbocycles. The Labute approximate surface area is 170 Å². The van der Waals surface area contributed by atoms with Crippen molar-refractivity contribution >= 4 is 27.1 Å². The molecule has 2 aromatic carbocycles. The first kappa shape index (κ1) is 19.1. The lowest BCUT2D eigenvalue weighted by atomic mass is 9.89. The minimum atomic E-state index is -0.289. The number of thiophene rings is 1. The molecule has 28 heavy (non-hydrogen) atoms. The molecule has 3 aromatic rings. The number of hydrogen-bond donors (Lipinski definition) is 0. The van der Waals surface area contributed by atoms with Crippen LogP contribution in [0.3, 0.4) is 0 Å². The fourth-order valence-electron chi connectivity index (χ4n) is 4.29. The van der Waals surface area contributed by atoms with Crippen LogP contribution < -0.4 is 0 Å². The quantitative estimate of drug-likeness (QED) is 0.344. The zero-order valence-electron chi connectivity index (χ0n) is 16.0. The molecule has 0 spiro atoms. The predicted molar refractivity (Wildman–Crippen MR) is 116 cm³/mol. The minimum Gasteiger partial charge on any atom is -0.294 e. The van der Waals surface area contributed by atoms with E-state index in [1.54, 1.807) is 6.07 Å². The zero-order chi connectivity index (χ0) is 19.3. The van der Waals surface area contributed by atoms with Crippen LogP contribution in [0.1, 0.15) is 42.5 Å². The molecule has 1 fully saturated rings. The summed E-state index contributed by atoms with van der Waals surface area (Å²) in [7, 11) is 0. The Kier molecular flexibility index (Phi) is 6.03. The molecule has 0 atom stereocenters. The topological polar surface area (TPSA) is 46.4 Å². The van der Waals surface area contributed by atoms with E-state index in [0.29, 0.717) is 0 Å². The number of nitro groups is 1. The van der Waals surface area contributed by atoms with Gasteiger partial charge in [0.05, 0.1) is 4.92 Å². The normalized spacial score (nSPS) is 15.3. The summed E-state index contributed by atoms with van der Waals surface area (Å²) >= 11 is 1.30. The molecule has 1 heterocycles. The molecule has 0 amide bonds. The monoisotopic (exact) mass is 394 g/mol. The van der Waals surface area contributed by atoms with Crippen molar-refractivity contribution in [2.75, 3.05) is 6.54 Å². The number of benzene rings is 2. The largest absolute Gasteiger partial charge is 0.324 e. The smallest absolute Gasteiger partial charge is 0.294 e. The lowest BCUT2D eigenvalue weighted by Crippen LogP contribution is -2.29. The maximum Gasteiger partial charge on any atom is 0.324 e. The van der Waals surface area contributed by atoms with E-state index in [0.717, 1.165) is 30.4 Å². The molecule has 0 radical (unpaired) electrons. The lowest BCUT2D eigenvalue weighted by Gasteiger charge is -2.29. The van der Waals surface area contributed by atoms with Gasteiger partial charge < -0.3 is 0 Å². The standard InChI is InChI=1S/C23H26N2O2S/c26-25(27)23-13-12-22(28-23)17-24(15-18-6-2-1-3-7-18)16-19-10-11-20-8-4-5-9-21(20)14-19/h4-5,8-14,18H,1-3,6-7,15-17H2. The number of fused-ring (bicyclic) bond motifs is 1. The first-order valence-electron chi connectivity index (χ1n) is 10.1. The summed E-state index contributed by atoms with van der Waals surface area (Å²) in [6.07, 6.45) is 6.63. The van der Waals surface area contributed by atoms with Crippen LogP contribution in [-0.2, 0) is 13.1 Å². The first-order chi connectivity index (χ1) is 13.7. The van der Waals surface area contributed by atoms with Crippen molar-refractivity contribution in [3.8, 4) is 0 Å². The SMILES string of the molecule is O=[N+]([O-])c1ccc(CN(Cc2ccc3ccccc3c2)CC2CCCCC2)s1. The van der Waals surface area contributed by atoms with Crippen molar-refractivity contribution in [1.82, 2.24) is 4.90 Å².